The second-order valence-corrected chi connectivity index (χ2v) is 9.41. The van der Waals surface area contributed by atoms with Crippen molar-refractivity contribution in [1.29, 1.82) is 0 Å². The molecule has 2 fully saturated rings. The first-order chi connectivity index (χ1) is 14.4. The molecule has 5 heteroatoms. The monoisotopic (exact) mass is 443 g/mol. The van der Waals surface area contributed by atoms with E-state index in [1.54, 1.807) is 6.07 Å². The number of esters is 1. The molecule has 4 rings (SSSR count). The molecular weight excluding hydrogens is 417 g/mol. The van der Waals surface area contributed by atoms with Crippen LogP contribution in [0.25, 0.3) is 17.2 Å². The average Bonchev–Trinajstić information content (AvgIpc) is 3.01. The van der Waals surface area contributed by atoms with Crippen molar-refractivity contribution in [3.05, 3.63) is 58.3 Å². The van der Waals surface area contributed by atoms with Gasteiger partial charge >= 0.3 is 5.97 Å². The Hall–Kier alpha value is -1.84. The molecule has 3 nitrogen and oxygen atoms in total. The minimum atomic E-state index is -0.0287. The summed E-state index contributed by atoms with van der Waals surface area (Å²) in [6.07, 6.45) is 8.17. The molecule has 0 bridgehead atoms. The average molecular weight is 444 g/mol. The van der Waals surface area contributed by atoms with Crippen molar-refractivity contribution < 1.29 is 9.53 Å². The highest BCUT2D eigenvalue weighted by Crippen LogP contribution is 2.50. The van der Waals surface area contributed by atoms with Gasteiger partial charge in [-0.05, 0) is 49.3 Å². The van der Waals surface area contributed by atoms with Crippen LogP contribution in [0.15, 0.2) is 42.6 Å². The number of cyclic esters (lactones) is 1. The number of rotatable bonds is 4. The van der Waals surface area contributed by atoms with E-state index in [0.29, 0.717) is 27.8 Å². The number of benzene rings is 1. The summed E-state index contributed by atoms with van der Waals surface area (Å²) in [4.78, 5) is 16.9. The number of nitrogens with zero attached hydrogens (tertiary/aromatic N) is 1. The summed E-state index contributed by atoms with van der Waals surface area (Å²) in [6, 6.07) is 9.61. The lowest BCUT2D eigenvalue weighted by Gasteiger charge is -2.41. The van der Waals surface area contributed by atoms with Crippen molar-refractivity contribution in [1.82, 2.24) is 4.98 Å². The van der Waals surface area contributed by atoms with Gasteiger partial charge in [0.15, 0.2) is 0 Å². The third-order valence-electron chi connectivity index (χ3n) is 6.92. The first-order valence-electron chi connectivity index (χ1n) is 10.7. The number of carbonyl (C=O) groups is 1. The van der Waals surface area contributed by atoms with Gasteiger partial charge in [-0.2, -0.15) is 0 Å². The zero-order valence-electron chi connectivity index (χ0n) is 17.5. The van der Waals surface area contributed by atoms with Crippen molar-refractivity contribution in [3.63, 3.8) is 0 Å². The Balaban J connectivity index is 1.58. The molecule has 2 aromatic rings. The molecule has 1 aromatic carbocycles. The Kier molecular flexibility index (Phi) is 6.22. The summed E-state index contributed by atoms with van der Waals surface area (Å²) in [7, 11) is 0. The molecule has 1 aliphatic carbocycles. The molecule has 1 aromatic heterocycles. The third kappa shape index (κ3) is 3.90. The molecule has 2 aliphatic rings. The highest BCUT2D eigenvalue weighted by Gasteiger charge is 2.52. The van der Waals surface area contributed by atoms with Crippen molar-refractivity contribution in [3.8, 4) is 11.1 Å². The van der Waals surface area contributed by atoms with Gasteiger partial charge < -0.3 is 4.74 Å². The Morgan fingerprint density at radius 1 is 1.20 bits per heavy atom. The zero-order chi connectivity index (χ0) is 21.4. The summed E-state index contributed by atoms with van der Waals surface area (Å²) in [5, 5.41) is 1.07. The Labute approximate surface area is 188 Å². The molecule has 2 heterocycles. The second-order valence-electron chi connectivity index (χ2n) is 8.62. The molecule has 0 N–H and O–H groups in total. The zero-order valence-corrected chi connectivity index (χ0v) is 19.0. The van der Waals surface area contributed by atoms with Gasteiger partial charge in [-0.1, -0.05) is 67.7 Å². The number of halogens is 2. The van der Waals surface area contributed by atoms with Crippen LogP contribution in [0.4, 0.5) is 0 Å². The van der Waals surface area contributed by atoms with E-state index >= 15 is 0 Å². The number of aromatic nitrogens is 1. The van der Waals surface area contributed by atoms with Gasteiger partial charge in [0.2, 0.25) is 0 Å². The number of pyridine rings is 1. The molecule has 0 radical (unpaired) electrons. The topological polar surface area (TPSA) is 39.2 Å². The molecule has 30 heavy (non-hydrogen) atoms. The van der Waals surface area contributed by atoms with E-state index in [-0.39, 0.29) is 23.9 Å². The summed E-state index contributed by atoms with van der Waals surface area (Å²) < 4.78 is 5.61. The van der Waals surface area contributed by atoms with Crippen molar-refractivity contribution in [2.75, 3.05) is 0 Å². The van der Waals surface area contributed by atoms with Crippen LogP contribution in [0.1, 0.15) is 39.3 Å². The molecule has 5 unspecified atom stereocenters. The van der Waals surface area contributed by atoms with Gasteiger partial charge in [-0.15, -0.1) is 0 Å². The molecule has 0 spiro atoms. The number of fused-ring (bicyclic) bond motifs is 1. The van der Waals surface area contributed by atoms with E-state index in [9.17, 15) is 4.79 Å². The smallest absolute Gasteiger partial charge is 0.309 e. The maximum absolute atomic E-state index is 12.3. The van der Waals surface area contributed by atoms with Crippen molar-refractivity contribution in [2.24, 2.45) is 29.6 Å². The van der Waals surface area contributed by atoms with Crippen LogP contribution in [-0.4, -0.2) is 17.1 Å². The highest BCUT2D eigenvalue weighted by atomic mass is 35.5. The maximum atomic E-state index is 12.3. The molecule has 6 atom stereocenters. The van der Waals surface area contributed by atoms with E-state index in [4.69, 9.17) is 27.9 Å². The Morgan fingerprint density at radius 3 is 2.70 bits per heavy atom. The molecular formula is C25H27Cl2NO2. The third-order valence-corrected chi connectivity index (χ3v) is 7.74. The number of hydrogen-bond donors (Lipinski definition) is 0. The van der Waals surface area contributed by atoms with E-state index in [1.165, 1.54) is 0 Å². The summed E-state index contributed by atoms with van der Waals surface area (Å²) in [5.74, 6) is 1.61. The molecule has 158 valence electrons. The minimum Gasteiger partial charge on any atom is -0.462 e. The predicted molar refractivity (Wildman–Crippen MR) is 122 cm³/mol. The first-order valence-corrected chi connectivity index (χ1v) is 11.5. The van der Waals surface area contributed by atoms with Gasteiger partial charge in [0.1, 0.15) is 6.10 Å². The second kappa shape index (κ2) is 8.72. The lowest BCUT2D eigenvalue weighted by atomic mass is 9.61. The van der Waals surface area contributed by atoms with Crippen LogP contribution in [-0.2, 0) is 9.53 Å². The summed E-state index contributed by atoms with van der Waals surface area (Å²) in [5.41, 5.74) is 2.69. The standard InChI is InChI=1S/C25H27Cl2NO2/c1-4-18-14(2)12-21-23(15(3)30-25(21)29)20(18)11-10-17-9-8-16(13-28-17)19-6-5-7-22(26)24(19)27/h5-11,13-15,18,20-21,23H,4,12H2,1-3H3/b11-10+/t14?,15-,18?,20?,21?,23?/m1/s1. The van der Waals surface area contributed by atoms with Gasteiger partial charge in [-0.25, -0.2) is 0 Å². The Bertz CT molecular complexity index is 956. The van der Waals surface area contributed by atoms with Gasteiger partial charge in [0.25, 0.3) is 0 Å². The van der Waals surface area contributed by atoms with Gasteiger partial charge in [0, 0.05) is 23.2 Å². The number of allylic oxidation sites excluding steroid dienone is 1. The van der Waals surface area contributed by atoms with Crippen LogP contribution in [0, 0.1) is 29.6 Å². The highest BCUT2D eigenvalue weighted by molar-refractivity contribution is 6.43. The largest absolute Gasteiger partial charge is 0.462 e. The van der Waals surface area contributed by atoms with Crippen LogP contribution in [0.3, 0.4) is 0 Å². The quantitative estimate of drug-likeness (QED) is 0.480. The van der Waals surface area contributed by atoms with Crippen molar-refractivity contribution >= 4 is 35.2 Å². The van der Waals surface area contributed by atoms with E-state index < -0.39 is 0 Å². The van der Waals surface area contributed by atoms with E-state index in [2.05, 4.69) is 31.0 Å². The maximum Gasteiger partial charge on any atom is 0.309 e. The van der Waals surface area contributed by atoms with Crippen LogP contribution in [0.2, 0.25) is 10.0 Å². The predicted octanol–water partition coefficient (Wildman–Crippen LogP) is 6.93. The fourth-order valence-corrected chi connectivity index (χ4v) is 5.86. The van der Waals surface area contributed by atoms with Crippen molar-refractivity contribution in [2.45, 2.75) is 39.7 Å². The fourth-order valence-electron chi connectivity index (χ4n) is 5.45. The molecule has 1 saturated heterocycles. The minimum absolute atomic E-state index is 0.0202. The molecule has 1 saturated carbocycles. The fraction of sp³-hybridized carbons (Fsp3) is 0.440. The SMILES string of the molecule is CCC1C(C)CC2C(=O)O[C@H](C)C2C1/C=C/c1ccc(-c2cccc(Cl)c2Cl)cn1. The molecule has 0 amide bonds. The normalized spacial score (nSPS) is 31.0. The first kappa shape index (κ1) is 21.4. The number of carbonyl (C=O) groups excluding carboxylic acids is 1. The Morgan fingerprint density at radius 2 is 2.00 bits per heavy atom. The number of hydrogen-bond acceptors (Lipinski definition) is 3. The summed E-state index contributed by atoms with van der Waals surface area (Å²) in [6.45, 7) is 6.55. The molecule has 1 aliphatic heterocycles. The summed E-state index contributed by atoms with van der Waals surface area (Å²) >= 11 is 12.5. The number of ether oxygens (including phenoxy) is 1. The lowest BCUT2D eigenvalue weighted by Crippen LogP contribution is -2.40. The van der Waals surface area contributed by atoms with Crippen LogP contribution in [0.5, 0.6) is 0 Å². The van der Waals surface area contributed by atoms with E-state index in [1.807, 2.05) is 37.4 Å². The van der Waals surface area contributed by atoms with Crippen LogP contribution >= 0.6 is 23.2 Å². The lowest BCUT2D eigenvalue weighted by molar-refractivity contribution is -0.144. The van der Waals surface area contributed by atoms with Gasteiger partial charge in [-0.3, -0.25) is 9.78 Å². The van der Waals surface area contributed by atoms with E-state index in [0.717, 1.165) is 29.7 Å². The van der Waals surface area contributed by atoms with Gasteiger partial charge in [0.05, 0.1) is 21.7 Å². The van der Waals surface area contributed by atoms with Crippen LogP contribution < -0.4 is 0 Å².